The van der Waals surface area contributed by atoms with E-state index in [1.807, 2.05) is 26.0 Å². The highest BCUT2D eigenvalue weighted by atomic mass is 16.5. The zero-order valence-electron chi connectivity index (χ0n) is 12.0. The Balaban J connectivity index is 2.07. The number of carbonyl (C=O) groups excluding carboxylic acids is 1. The second-order valence-electron chi connectivity index (χ2n) is 5.27. The number of nitrogens with two attached hydrogens (primary N) is 1. The lowest BCUT2D eigenvalue weighted by molar-refractivity contribution is -0.133. The molecule has 0 spiro atoms. The number of nitrogen functional groups attached to an aromatic ring is 1. The van der Waals surface area contributed by atoms with Crippen LogP contribution >= 0.6 is 0 Å². The lowest BCUT2D eigenvalue weighted by Crippen LogP contribution is -2.54. The summed E-state index contributed by atoms with van der Waals surface area (Å²) in [5.74, 6) is 0.518. The molecule has 1 aliphatic heterocycles. The van der Waals surface area contributed by atoms with Gasteiger partial charge in [-0.25, -0.2) is 4.98 Å². The van der Waals surface area contributed by atoms with Crippen LogP contribution in [0.2, 0.25) is 0 Å². The molecule has 0 aliphatic carbocycles. The monoisotopic (exact) mass is 278 g/mol. The highest BCUT2D eigenvalue weighted by Crippen LogP contribution is 2.15. The molecule has 0 aromatic carbocycles. The fourth-order valence-electron chi connectivity index (χ4n) is 2.25. The molecule has 1 saturated heterocycles. The fraction of sp³-hybridized carbons (Fsp3) is 0.571. The third-order valence-electron chi connectivity index (χ3n) is 3.27. The van der Waals surface area contributed by atoms with Gasteiger partial charge >= 0.3 is 0 Å². The summed E-state index contributed by atoms with van der Waals surface area (Å²) in [5, 5.41) is 2.94. The number of rotatable bonds is 4. The molecule has 6 nitrogen and oxygen atoms in total. The minimum atomic E-state index is -0.272. The third kappa shape index (κ3) is 3.68. The van der Waals surface area contributed by atoms with Crippen LogP contribution in [-0.4, -0.2) is 47.6 Å². The number of carbonyl (C=O) groups is 1. The smallest absolute Gasteiger partial charge is 0.239 e. The Labute approximate surface area is 119 Å². The standard InChI is InChI=1S/C14H22N4O2/c1-10(2)17-14(19)12-9-20-7-6-18(12)8-11-4-3-5-16-13(11)15/h3-5,10,12H,6-9H2,1-2H3,(H2,15,16)(H,17,19). The molecular formula is C14H22N4O2. The summed E-state index contributed by atoms with van der Waals surface area (Å²) in [6, 6.07) is 3.64. The van der Waals surface area contributed by atoms with Crippen LogP contribution in [-0.2, 0) is 16.1 Å². The molecule has 1 aliphatic rings. The number of nitrogens with zero attached hydrogens (tertiary/aromatic N) is 2. The minimum absolute atomic E-state index is 0.00200. The Morgan fingerprint density at radius 2 is 2.45 bits per heavy atom. The summed E-state index contributed by atoms with van der Waals surface area (Å²) < 4.78 is 5.43. The zero-order valence-corrected chi connectivity index (χ0v) is 12.0. The molecule has 2 rings (SSSR count). The maximum Gasteiger partial charge on any atom is 0.239 e. The van der Waals surface area contributed by atoms with Crippen molar-refractivity contribution in [1.29, 1.82) is 0 Å². The van der Waals surface area contributed by atoms with Gasteiger partial charge in [-0.1, -0.05) is 6.07 Å². The Kier molecular flexibility index (Phi) is 4.92. The van der Waals surface area contributed by atoms with Crippen molar-refractivity contribution >= 4 is 11.7 Å². The maximum atomic E-state index is 12.2. The summed E-state index contributed by atoms with van der Waals surface area (Å²) in [4.78, 5) is 18.4. The first-order valence-corrected chi connectivity index (χ1v) is 6.89. The van der Waals surface area contributed by atoms with Crippen LogP contribution < -0.4 is 11.1 Å². The Morgan fingerprint density at radius 3 is 3.15 bits per heavy atom. The molecule has 0 bridgehead atoms. The molecule has 20 heavy (non-hydrogen) atoms. The van der Waals surface area contributed by atoms with Crippen molar-refractivity contribution in [1.82, 2.24) is 15.2 Å². The quantitative estimate of drug-likeness (QED) is 0.833. The van der Waals surface area contributed by atoms with E-state index in [4.69, 9.17) is 10.5 Å². The number of anilines is 1. The molecule has 1 fully saturated rings. The van der Waals surface area contributed by atoms with Crippen LogP contribution in [0.4, 0.5) is 5.82 Å². The van der Waals surface area contributed by atoms with Gasteiger partial charge in [0.25, 0.3) is 0 Å². The van der Waals surface area contributed by atoms with Crippen molar-refractivity contribution < 1.29 is 9.53 Å². The highest BCUT2D eigenvalue weighted by molar-refractivity contribution is 5.82. The molecule has 110 valence electrons. The van der Waals surface area contributed by atoms with Gasteiger partial charge in [-0.15, -0.1) is 0 Å². The predicted molar refractivity (Wildman–Crippen MR) is 76.9 cm³/mol. The van der Waals surface area contributed by atoms with Crippen LogP contribution in [0.3, 0.4) is 0 Å². The number of morpholine rings is 1. The van der Waals surface area contributed by atoms with E-state index >= 15 is 0 Å². The van der Waals surface area contributed by atoms with Crippen molar-refractivity contribution in [3.8, 4) is 0 Å². The largest absolute Gasteiger partial charge is 0.383 e. The molecule has 1 unspecified atom stereocenters. The van der Waals surface area contributed by atoms with Crippen molar-refractivity contribution in [2.45, 2.75) is 32.5 Å². The normalized spacial score (nSPS) is 20.1. The molecule has 0 radical (unpaired) electrons. The van der Waals surface area contributed by atoms with E-state index < -0.39 is 0 Å². The second kappa shape index (κ2) is 6.67. The molecule has 1 aromatic rings. The fourth-order valence-corrected chi connectivity index (χ4v) is 2.25. The number of hydrogen-bond donors (Lipinski definition) is 2. The van der Waals surface area contributed by atoms with Gasteiger partial charge in [0.05, 0.1) is 13.2 Å². The summed E-state index contributed by atoms with van der Waals surface area (Å²) in [7, 11) is 0. The van der Waals surface area contributed by atoms with E-state index in [1.54, 1.807) is 6.20 Å². The van der Waals surface area contributed by atoms with Gasteiger partial charge in [0.2, 0.25) is 5.91 Å². The van der Waals surface area contributed by atoms with E-state index in [2.05, 4.69) is 15.2 Å². The summed E-state index contributed by atoms with van der Waals surface area (Å²) in [6.45, 7) is 6.27. The highest BCUT2D eigenvalue weighted by Gasteiger charge is 2.30. The molecule has 1 aromatic heterocycles. The molecule has 3 N–H and O–H groups in total. The van der Waals surface area contributed by atoms with Crippen molar-refractivity contribution in [2.75, 3.05) is 25.5 Å². The van der Waals surface area contributed by atoms with Crippen LogP contribution in [0.25, 0.3) is 0 Å². The van der Waals surface area contributed by atoms with Crippen molar-refractivity contribution in [2.24, 2.45) is 0 Å². The number of amides is 1. The van der Waals surface area contributed by atoms with Gasteiger partial charge in [0.1, 0.15) is 11.9 Å². The van der Waals surface area contributed by atoms with Gasteiger partial charge in [-0.2, -0.15) is 0 Å². The molecule has 1 amide bonds. The minimum Gasteiger partial charge on any atom is -0.383 e. The van der Waals surface area contributed by atoms with E-state index in [0.29, 0.717) is 32.1 Å². The predicted octanol–water partition coefficient (Wildman–Crippen LogP) is 0.389. The molecule has 0 saturated carbocycles. The number of pyridine rings is 1. The number of nitrogens with one attached hydrogen (secondary N) is 1. The lowest BCUT2D eigenvalue weighted by atomic mass is 10.1. The second-order valence-corrected chi connectivity index (χ2v) is 5.27. The molecule has 1 atom stereocenters. The average molecular weight is 278 g/mol. The molecule has 6 heteroatoms. The van der Waals surface area contributed by atoms with Gasteiger partial charge in [-0.05, 0) is 19.9 Å². The van der Waals surface area contributed by atoms with Crippen LogP contribution in [0.15, 0.2) is 18.3 Å². The maximum absolute atomic E-state index is 12.2. The Bertz CT molecular complexity index is 464. The number of ether oxygens (including phenoxy) is 1. The first-order valence-electron chi connectivity index (χ1n) is 6.89. The lowest BCUT2D eigenvalue weighted by Gasteiger charge is -2.35. The molecular weight excluding hydrogens is 256 g/mol. The van der Waals surface area contributed by atoms with Gasteiger partial charge < -0.3 is 15.8 Å². The number of hydrogen-bond acceptors (Lipinski definition) is 5. The first kappa shape index (κ1) is 14.7. The Hall–Kier alpha value is -1.66. The summed E-state index contributed by atoms with van der Waals surface area (Å²) in [6.07, 6.45) is 1.67. The van der Waals surface area contributed by atoms with Crippen molar-refractivity contribution in [3.05, 3.63) is 23.9 Å². The van der Waals surface area contributed by atoms with Gasteiger partial charge in [0.15, 0.2) is 0 Å². The van der Waals surface area contributed by atoms with Crippen LogP contribution in [0, 0.1) is 0 Å². The Morgan fingerprint density at radius 1 is 1.65 bits per heavy atom. The zero-order chi connectivity index (χ0) is 14.5. The van der Waals surface area contributed by atoms with Crippen molar-refractivity contribution in [3.63, 3.8) is 0 Å². The van der Waals surface area contributed by atoms with E-state index in [9.17, 15) is 4.79 Å². The third-order valence-corrected chi connectivity index (χ3v) is 3.27. The number of aromatic nitrogens is 1. The van der Waals surface area contributed by atoms with E-state index in [0.717, 1.165) is 5.56 Å². The summed E-state index contributed by atoms with van der Waals surface area (Å²) in [5.41, 5.74) is 6.81. The van der Waals surface area contributed by atoms with E-state index in [1.165, 1.54) is 0 Å². The van der Waals surface area contributed by atoms with Crippen LogP contribution in [0.1, 0.15) is 19.4 Å². The van der Waals surface area contributed by atoms with Gasteiger partial charge in [-0.3, -0.25) is 9.69 Å². The van der Waals surface area contributed by atoms with E-state index in [-0.39, 0.29) is 18.0 Å². The molecule has 2 heterocycles. The van der Waals surface area contributed by atoms with Crippen LogP contribution in [0.5, 0.6) is 0 Å². The average Bonchev–Trinajstić information content (AvgIpc) is 2.41. The first-order chi connectivity index (χ1) is 9.58. The SMILES string of the molecule is CC(C)NC(=O)C1COCCN1Cc1cccnc1N. The van der Waals surface area contributed by atoms with Gasteiger partial charge in [0, 0.05) is 30.9 Å². The summed E-state index contributed by atoms with van der Waals surface area (Å²) >= 11 is 0. The topological polar surface area (TPSA) is 80.5 Å².